The van der Waals surface area contributed by atoms with Gasteiger partial charge in [-0.3, -0.25) is 4.79 Å². The van der Waals surface area contributed by atoms with E-state index in [0.29, 0.717) is 11.3 Å². The Kier molecular flexibility index (Phi) is 6.25. The minimum atomic E-state index is -3.87. The standard InChI is InChI=1S/C24H23NO6S/c1-16(23(26)19-11-10-17-5-2-6-18(17)13-19)31-24(27)20-7-3-9-22(14-20)32(28,29)25-15-21-8-4-12-30-21/h3-4,7-14,16,25H,2,5-6,15H2,1H3. The Balaban J connectivity index is 1.43. The third-order valence-corrected chi connectivity index (χ3v) is 6.83. The number of carbonyl (C=O) groups is 2. The highest BCUT2D eigenvalue weighted by Gasteiger charge is 2.23. The number of hydrogen-bond acceptors (Lipinski definition) is 6. The number of ketones is 1. The first-order chi connectivity index (χ1) is 15.3. The van der Waals surface area contributed by atoms with E-state index >= 15 is 0 Å². The molecule has 0 amide bonds. The molecule has 4 rings (SSSR count). The monoisotopic (exact) mass is 453 g/mol. The largest absolute Gasteiger partial charge is 0.468 e. The van der Waals surface area contributed by atoms with Crippen LogP contribution in [0, 0.1) is 0 Å². The Morgan fingerprint density at radius 3 is 2.62 bits per heavy atom. The molecule has 1 aliphatic rings. The molecule has 1 aromatic heterocycles. The van der Waals surface area contributed by atoms with Crippen LogP contribution in [0.5, 0.6) is 0 Å². The minimum Gasteiger partial charge on any atom is -0.468 e. The molecule has 0 saturated carbocycles. The molecule has 0 aliphatic heterocycles. The van der Waals surface area contributed by atoms with Crippen LogP contribution in [0.15, 0.2) is 70.2 Å². The molecule has 8 heteroatoms. The van der Waals surface area contributed by atoms with E-state index in [0.717, 1.165) is 24.8 Å². The average Bonchev–Trinajstić information content (AvgIpc) is 3.48. The third kappa shape index (κ3) is 4.81. The van der Waals surface area contributed by atoms with Crippen molar-refractivity contribution < 1.29 is 27.2 Å². The maximum atomic E-state index is 12.7. The van der Waals surface area contributed by atoms with Crippen LogP contribution in [-0.2, 0) is 34.1 Å². The van der Waals surface area contributed by atoms with Crippen molar-refractivity contribution in [2.24, 2.45) is 0 Å². The van der Waals surface area contributed by atoms with Crippen molar-refractivity contribution in [3.05, 3.63) is 88.9 Å². The SMILES string of the molecule is CC(OC(=O)c1cccc(S(=O)(=O)NCc2ccco2)c1)C(=O)c1ccc2c(c1)CCC2. The fourth-order valence-electron chi connectivity index (χ4n) is 3.69. The zero-order valence-electron chi connectivity index (χ0n) is 17.5. The van der Waals surface area contributed by atoms with Crippen LogP contribution >= 0.6 is 0 Å². The zero-order valence-corrected chi connectivity index (χ0v) is 18.4. The Bertz CT molecular complexity index is 1250. The van der Waals surface area contributed by atoms with Gasteiger partial charge in [0.1, 0.15) is 5.76 Å². The summed E-state index contributed by atoms with van der Waals surface area (Å²) in [6.07, 6.45) is 3.49. The first kappa shape index (κ1) is 22.0. The molecular formula is C24H23NO6S. The number of carbonyl (C=O) groups excluding carboxylic acids is 2. The quantitative estimate of drug-likeness (QED) is 0.412. The van der Waals surface area contributed by atoms with Crippen LogP contribution in [0.25, 0.3) is 0 Å². The summed E-state index contributed by atoms with van der Waals surface area (Å²) in [6.45, 7) is 1.50. The number of aryl methyl sites for hydroxylation is 2. The summed E-state index contributed by atoms with van der Waals surface area (Å²) in [5.74, 6) is -0.602. The maximum absolute atomic E-state index is 12.7. The summed E-state index contributed by atoms with van der Waals surface area (Å²) in [5, 5.41) is 0. The molecule has 3 aromatic rings. The van der Waals surface area contributed by atoms with Gasteiger partial charge in [-0.05, 0) is 73.7 Å². The van der Waals surface area contributed by atoms with Gasteiger partial charge in [-0.25, -0.2) is 17.9 Å². The van der Waals surface area contributed by atoms with Crippen molar-refractivity contribution in [1.29, 1.82) is 0 Å². The van der Waals surface area contributed by atoms with E-state index in [1.807, 2.05) is 12.1 Å². The molecule has 0 fully saturated rings. The highest BCUT2D eigenvalue weighted by molar-refractivity contribution is 7.89. The van der Waals surface area contributed by atoms with Gasteiger partial charge < -0.3 is 9.15 Å². The van der Waals surface area contributed by atoms with E-state index < -0.39 is 22.1 Å². The molecule has 32 heavy (non-hydrogen) atoms. The van der Waals surface area contributed by atoms with E-state index in [2.05, 4.69) is 4.72 Å². The van der Waals surface area contributed by atoms with Crippen LogP contribution in [-0.4, -0.2) is 26.3 Å². The van der Waals surface area contributed by atoms with Crippen LogP contribution in [0.4, 0.5) is 0 Å². The van der Waals surface area contributed by atoms with Crippen molar-refractivity contribution in [3.63, 3.8) is 0 Å². The molecule has 0 spiro atoms. The second-order valence-corrected chi connectivity index (χ2v) is 9.45. The topological polar surface area (TPSA) is 103 Å². The number of benzene rings is 2. The van der Waals surface area contributed by atoms with E-state index in [1.54, 1.807) is 18.2 Å². The molecular weight excluding hydrogens is 430 g/mol. The van der Waals surface area contributed by atoms with Gasteiger partial charge in [0, 0.05) is 5.56 Å². The molecule has 0 bridgehead atoms. The average molecular weight is 454 g/mol. The number of esters is 1. The summed E-state index contributed by atoms with van der Waals surface area (Å²) in [6, 6.07) is 14.4. The summed E-state index contributed by atoms with van der Waals surface area (Å²) in [5.41, 5.74) is 2.96. The normalized spacial score (nSPS) is 14.0. The number of sulfonamides is 1. The molecule has 1 heterocycles. The van der Waals surface area contributed by atoms with E-state index in [4.69, 9.17) is 9.15 Å². The summed E-state index contributed by atoms with van der Waals surface area (Å²) in [7, 11) is -3.87. The highest BCUT2D eigenvalue weighted by Crippen LogP contribution is 2.24. The fraction of sp³-hybridized carbons (Fsp3) is 0.250. The molecule has 2 aromatic carbocycles. The van der Waals surface area contributed by atoms with E-state index in [-0.39, 0.29) is 22.8 Å². The van der Waals surface area contributed by atoms with Crippen molar-refractivity contribution >= 4 is 21.8 Å². The van der Waals surface area contributed by atoms with Crippen molar-refractivity contribution in [2.45, 2.75) is 43.7 Å². The molecule has 1 aliphatic carbocycles. The first-order valence-electron chi connectivity index (χ1n) is 10.3. The molecule has 1 N–H and O–H groups in total. The summed E-state index contributed by atoms with van der Waals surface area (Å²) < 4.78 is 38.0. The van der Waals surface area contributed by atoms with Gasteiger partial charge in [0.15, 0.2) is 6.10 Å². The maximum Gasteiger partial charge on any atom is 0.338 e. The van der Waals surface area contributed by atoms with Crippen molar-refractivity contribution in [1.82, 2.24) is 4.72 Å². The van der Waals surface area contributed by atoms with Crippen molar-refractivity contribution in [2.75, 3.05) is 0 Å². The molecule has 7 nitrogen and oxygen atoms in total. The number of furan rings is 1. The Hall–Kier alpha value is -3.23. The number of ether oxygens (including phenoxy) is 1. The highest BCUT2D eigenvalue weighted by atomic mass is 32.2. The molecule has 166 valence electrons. The lowest BCUT2D eigenvalue weighted by Crippen LogP contribution is -2.25. The Morgan fingerprint density at radius 2 is 1.84 bits per heavy atom. The van der Waals surface area contributed by atoms with Gasteiger partial charge in [0.2, 0.25) is 15.8 Å². The summed E-state index contributed by atoms with van der Waals surface area (Å²) >= 11 is 0. The van der Waals surface area contributed by atoms with Crippen LogP contribution in [0.3, 0.4) is 0 Å². The number of Topliss-reactive ketones (excluding diaryl/α,β-unsaturated/α-hetero) is 1. The van der Waals surface area contributed by atoms with Gasteiger partial charge in [-0.15, -0.1) is 0 Å². The van der Waals surface area contributed by atoms with Crippen LogP contribution in [0.2, 0.25) is 0 Å². The lowest BCUT2D eigenvalue weighted by molar-refractivity contribution is 0.0318. The van der Waals surface area contributed by atoms with E-state index in [9.17, 15) is 18.0 Å². The molecule has 0 saturated heterocycles. The number of hydrogen-bond donors (Lipinski definition) is 1. The number of fused-ring (bicyclic) bond motifs is 1. The van der Waals surface area contributed by atoms with Gasteiger partial charge >= 0.3 is 5.97 Å². The zero-order chi connectivity index (χ0) is 22.7. The first-order valence-corrected chi connectivity index (χ1v) is 11.8. The molecule has 1 atom stereocenters. The lowest BCUT2D eigenvalue weighted by atomic mass is 10.0. The van der Waals surface area contributed by atoms with Gasteiger partial charge in [0.25, 0.3) is 0 Å². The van der Waals surface area contributed by atoms with Crippen molar-refractivity contribution in [3.8, 4) is 0 Å². The predicted molar refractivity (Wildman–Crippen MR) is 117 cm³/mol. The number of nitrogens with one attached hydrogen (secondary N) is 1. The predicted octanol–water partition coefficient (Wildman–Crippen LogP) is 3.68. The van der Waals surface area contributed by atoms with Gasteiger partial charge in [-0.2, -0.15) is 0 Å². The Labute approximate surface area is 186 Å². The Morgan fingerprint density at radius 1 is 1.03 bits per heavy atom. The lowest BCUT2D eigenvalue weighted by Gasteiger charge is -2.14. The second kappa shape index (κ2) is 9.10. The van der Waals surface area contributed by atoms with Crippen LogP contribution in [0.1, 0.15) is 50.9 Å². The van der Waals surface area contributed by atoms with Crippen LogP contribution < -0.4 is 4.72 Å². The second-order valence-electron chi connectivity index (χ2n) is 7.68. The minimum absolute atomic E-state index is 0.0175. The smallest absolute Gasteiger partial charge is 0.338 e. The molecule has 0 radical (unpaired) electrons. The van der Waals surface area contributed by atoms with Gasteiger partial charge in [-0.1, -0.05) is 18.2 Å². The van der Waals surface area contributed by atoms with Gasteiger partial charge in [0.05, 0.1) is 23.3 Å². The molecule has 1 unspecified atom stereocenters. The fourth-order valence-corrected chi connectivity index (χ4v) is 4.73. The third-order valence-electron chi connectivity index (χ3n) is 5.43. The van der Waals surface area contributed by atoms with E-state index in [1.165, 1.54) is 43.0 Å². The number of rotatable bonds is 8. The summed E-state index contributed by atoms with van der Waals surface area (Å²) in [4.78, 5) is 25.3.